The summed E-state index contributed by atoms with van der Waals surface area (Å²) >= 11 is 0. The molecule has 0 amide bonds. The fourth-order valence-electron chi connectivity index (χ4n) is 3.25. The summed E-state index contributed by atoms with van der Waals surface area (Å²) in [6.07, 6.45) is 1.39. The van der Waals surface area contributed by atoms with Crippen molar-refractivity contribution in [2.45, 2.75) is 34.1 Å². The second-order valence-electron chi connectivity index (χ2n) is 4.64. The summed E-state index contributed by atoms with van der Waals surface area (Å²) in [5.74, 6) is 2.19. The highest BCUT2D eigenvalue weighted by molar-refractivity contribution is 5.31. The summed E-state index contributed by atoms with van der Waals surface area (Å²) < 4.78 is 0. The Hall–Kier alpha value is 0. The zero-order chi connectivity index (χ0) is 6.86. The van der Waals surface area contributed by atoms with Crippen molar-refractivity contribution in [3.63, 3.8) is 0 Å². The van der Waals surface area contributed by atoms with Gasteiger partial charge in [0.05, 0.1) is 0 Å². The second-order valence-corrected chi connectivity index (χ2v) is 4.64. The van der Waals surface area contributed by atoms with E-state index in [1.807, 2.05) is 0 Å². The SMILES string of the molecule is CCC1(C)C2C1C2(C)C. The molecule has 0 aliphatic heterocycles. The molecule has 9 heavy (non-hydrogen) atoms. The van der Waals surface area contributed by atoms with Crippen molar-refractivity contribution in [2.75, 3.05) is 0 Å². The molecule has 0 aromatic rings. The molecule has 2 unspecified atom stereocenters. The van der Waals surface area contributed by atoms with E-state index in [1.54, 1.807) is 0 Å². The molecule has 52 valence electrons. The molecule has 2 rings (SSSR count). The summed E-state index contributed by atoms with van der Waals surface area (Å²) in [4.78, 5) is 0. The molecular weight excluding hydrogens is 108 g/mol. The number of hydrogen-bond acceptors (Lipinski definition) is 0. The Kier molecular flexibility index (Phi) is 0.695. The Labute approximate surface area is 57.6 Å². The maximum atomic E-state index is 2.44. The highest BCUT2D eigenvalue weighted by Crippen LogP contribution is 2.89. The van der Waals surface area contributed by atoms with Crippen LogP contribution in [0.1, 0.15) is 34.1 Å². The minimum absolute atomic E-state index is 0.741. The van der Waals surface area contributed by atoms with Crippen LogP contribution >= 0.6 is 0 Å². The maximum Gasteiger partial charge on any atom is -0.0255 e. The van der Waals surface area contributed by atoms with E-state index in [0.717, 1.165) is 22.7 Å². The average molecular weight is 124 g/mol. The van der Waals surface area contributed by atoms with E-state index < -0.39 is 0 Å². The lowest BCUT2D eigenvalue weighted by molar-refractivity contribution is 0.242. The first-order valence-electron chi connectivity index (χ1n) is 4.05. The van der Waals surface area contributed by atoms with Gasteiger partial charge in [-0.3, -0.25) is 0 Å². The van der Waals surface area contributed by atoms with Crippen LogP contribution in [0.25, 0.3) is 0 Å². The minimum Gasteiger partial charge on any atom is -0.0648 e. The fourth-order valence-corrected chi connectivity index (χ4v) is 3.25. The van der Waals surface area contributed by atoms with Gasteiger partial charge in [0, 0.05) is 0 Å². The molecule has 2 fully saturated rings. The Morgan fingerprint density at radius 2 is 1.56 bits per heavy atom. The third-order valence-electron chi connectivity index (χ3n) is 3.90. The van der Waals surface area contributed by atoms with Crippen molar-refractivity contribution in [2.24, 2.45) is 22.7 Å². The van der Waals surface area contributed by atoms with E-state index in [4.69, 9.17) is 0 Å². The highest BCUT2D eigenvalue weighted by Gasteiger charge is 2.84. The van der Waals surface area contributed by atoms with Crippen LogP contribution in [0, 0.1) is 22.7 Å². The number of fused-ring (bicyclic) bond motifs is 1. The normalized spacial score (nSPS) is 58.7. The van der Waals surface area contributed by atoms with Crippen LogP contribution in [0.3, 0.4) is 0 Å². The third kappa shape index (κ3) is 0.395. The number of hydrogen-bond donors (Lipinski definition) is 0. The van der Waals surface area contributed by atoms with Crippen molar-refractivity contribution in [1.82, 2.24) is 0 Å². The van der Waals surface area contributed by atoms with E-state index >= 15 is 0 Å². The van der Waals surface area contributed by atoms with E-state index in [2.05, 4.69) is 27.7 Å². The quantitative estimate of drug-likeness (QED) is 0.504. The van der Waals surface area contributed by atoms with Crippen LogP contribution < -0.4 is 0 Å². The number of rotatable bonds is 1. The van der Waals surface area contributed by atoms with Crippen LogP contribution in [0.5, 0.6) is 0 Å². The highest BCUT2D eigenvalue weighted by atomic mass is 14.9. The van der Waals surface area contributed by atoms with Crippen LogP contribution in [0.15, 0.2) is 0 Å². The van der Waals surface area contributed by atoms with Gasteiger partial charge in [-0.15, -0.1) is 0 Å². The maximum absolute atomic E-state index is 2.44. The molecule has 2 aliphatic rings. The Morgan fingerprint density at radius 1 is 1.11 bits per heavy atom. The van der Waals surface area contributed by atoms with Gasteiger partial charge in [-0.05, 0) is 22.7 Å². The second kappa shape index (κ2) is 1.09. The zero-order valence-electron chi connectivity index (χ0n) is 6.86. The van der Waals surface area contributed by atoms with Gasteiger partial charge in [0.15, 0.2) is 0 Å². The van der Waals surface area contributed by atoms with Gasteiger partial charge in [0.25, 0.3) is 0 Å². The summed E-state index contributed by atoms with van der Waals surface area (Å²) in [6, 6.07) is 0. The van der Waals surface area contributed by atoms with Crippen LogP contribution in [-0.4, -0.2) is 0 Å². The molecule has 2 atom stereocenters. The molecule has 0 radical (unpaired) electrons. The van der Waals surface area contributed by atoms with E-state index in [9.17, 15) is 0 Å². The molecular formula is C9H16. The molecule has 0 heteroatoms. The summed E-state index contributed by atoms with van der Waals surface area (Å²) in [5.41, 5.74) is 1.52. The lowest BCUT2D eigenvalue weighted by atomic mass is 9.80. The Bertz CT molecular complexity index is 143. The molecule has 0 aromatic carbocycles. The zero-order valence-corrected chi connectivity index (χ0v) is 6.86. The predicted octanol–water partition coefficient (Wildman–Crippen LogP) is 2.69. The van der Waals surface area contributed by atoms with E-state index in [-0.39, 0.29) is 0 Å². The van der Waals surface area contributed by atoms with Crippen LogP contribution in [-0.2, 0) is 0 Å². The first kappa shape index (κ1) is 5.76. The van der Waals surface area contributed by atoms with E-state index in [1.165, 1.54) is 6.42 Å². The molecule has 0 N–H and O–H groups in total. The summed E-state index contributed by atoms with van der Waals surface area (Å²) in [6.45, 7) is 9.56. The van der Waals surface area contributed by atoms with Gasteiger partial charge in [-0.25, -0.2) is 0 Å². The third-order valence-corrected chi connectivity index (χ3v) is 3.90. The van der Waals surface area contributed by atoms with Crippen molar-refractivity contribution in [3.05, 3.63) is 0 Å². The first-order chi connectivity index (χ1) is 4.05. The van der Waals surface area contributed by atoms with Gasteiger partial charge >= 0.3 is 0 Å². The van der Waals surface area contributed by atoms with Gasteiger partial charge < -0.3 is 0 Å². The molecule has 0 bridgehead atoms. The van der Waals surface area contributed by atoms with Gasteiger partial charge in [0.2, 0.25) is 0 Å². The monoisotopic (exact) mass is 124 g/mol. The predicted molar refractivity (Wildman–Crippen MR) is 39.2 cm³/mol. The molecule has 2 aliphatic carbocycles. The minimum atomic E-state index is 0.741. The van der Waals surface area contributed by atoms with Crippen LogP contribution in [0.4, 0.5) is 0 Å². The molecule has 2 saturated carbocycles. The van der Waals surface area contributed by atoms with Crippen molar-refractivity contribution >= 4 is 0 Å². The lowest BCUT2D eigenvalue weighted by Gasteiger charge is -2.24. The van der Waals surface area contributed by atoms with Crippen molar-refractivity contribution in [1.29, 1.82) is 0 Å². The summed E-state index contributed by atoms with van der Waals surface area (Å²) in [7, 11) is 0. The Morgan fingerprint density at radius 3 is 1.67 bits per heavy atom. The largest absolute Gasteiger partial charge is 0.0648 e. The molecule has 0 aromatic heterocycles. The average Bonchev–Trinajstić information content (AvgIpc) is 2.56. The topological polar surface area (TPSA) is 0 Å². The Balaban J connectivity index is 2.06. The van der Waals surface area contributed by atoms with Gasteiger partial charge in [-0.2, -0.15) is 0 Å². The van der Waals surface area contributed by atoms with E-state index in [0.29, 0.717) is 0 Å². The molecule has 0 heterocycles. The van der Waals surface area contributed by atoms with Crippen LogP contribution in [0.2, 0.25) is 0 Å². The van der Waals surface area contributed by atoms with Crippen molar-refractivity contribution in [3.8, 4) is 0 Å². The standard InChI is InChI=1S/C9H16/c1-5-9(4)6-7(9)8(6,2)3/h6-7H,5H2,1-4H3. The van der Waals surface area contributed by atoms with Gasteiger partial charge in [-0.1, -0.05) is 34.1 Å². The van der Waals surface area contributed by atoms with Gasteiger partial charge in [0.1, 0.15) is 0 Å². The molecule has 0 saturated heterocycles. The molecule has 0 spiro atoms. The van der Waals surface area contributed by atoms with Crippen molar-refractivity contribution < 1.29 is 0 Å². The lowest BCUT2D eigenvalue weighted by Crippen LogP contribution is -2.17. The fraction of sp³-hybridized carbons (Fsp3) is 1.00. The smallest absolute Gasteiger partial charge is 0.0255 e. The summed E-state index contributed by atoms with van der Waals surface area (Å²) in [5, 5.41) is 0. The first-order valence-corrected chi connectivity index (χ1v) is 4.05. The molecule has 0 nitrogen and oxygen atoms in total.